The van der Waals surface area contributed by atoms with E-state index in [4.69, 9.17) is 9.84 Å². The molecule has 0 amide bonds. The van der Waals surface area contributed by atoms with Crippen LogP contribution in [0.4, 0.5) is 0 Å². The molecule has 1 heterocycles. The summed E-state index contributed by atoms with van der Waals surface area (Å²) in [4.78, 5) is 10.7. The summed E-state index contributed by atoms with van der Waals surface area (Å²) in [6, 6.07) is 0. The second-order valence-corrected chi connectivity index (χ2v) is 2.53. The molecule has 3 heteroatoms. The van der Waals surface area contributed by atoms with Gasteiger partial charge in [0.1, 0.15) is 6.10 Å². The molecule has 0 saturated carbocycles. The van der Waals surface area contributed by atoms with Crippen LogP contribution in [-0.4, -0.2) is 23.8 Å². The third kappa shape index (κ3) is 2.72. The molecule has 1 aliphatic heterocycles. The Labute approximate surface area is 65.7 Å². The Morgan fingerprint density at radius 3 is 3.18 bits per heavy atom. The molecule has 3 nitrogen and oxygen atoms in total. The molecule has 1 atom stereocenters. The van der Waals surface area contributed by atoms with E-state index in [-0.39, 0.29) is 18.7 Å². The van der Waals surface area contributed by atoms with Gasteiger partial charge in [0.25, 0.3) is 0 Å². The van der Waals surface area contributed by atoms with Crippen LogP contribution in [0.25, 0.3) is 0 Å². The molecular weight excluding hydrogens is 144 g/mol. The van der Waals surface area contributed by atoms with E-state index in [2.05, 4.69) is 0 Å². The Morgan fingerprint density at radius 1 is 1.73 bits per heavy atom. The number of aliphatic hydroxyl groups excluding tert-OH is 1. The minimum absolute atomic E-state index is 0.00799. The zero-order valence-electron chi connectivity index (χ0n) is 6.32. The quantitative estimate of drug-likeness (QED) is 0.471. The van der Waals surface area contributed by atoms with E-state index in [0.29, 0.717) is 6.42 Å². The molecule has 0 aromatic carbocycles. The first-order chi connectivity index (χ1) is 5.33. The first kappa shape index (κ1) is 8.27. The number of esters is 1. The highest BCUT2D eigenvalue weighted by Gasteiger charge is 2.16. The molecule has 0 spiro atoms. The lowest BCUT2D eigenvalue weighted by molar-refractivity contribution is -0.150. The molecule has 11 heavy (non-hydrogen) atoms. The summed E-state index contributed by atoms with van der Waals surface area (Å²) in [5.41, 5.74) is 0. The minimum atomic E-state index is -0.135. The Bertz CT molecular complexity index is 163. The monoisotopic (exact) mass is 156 g/mol. The third-order valence-electron chi connectivity index (χ3n) is 1.61. The lowest BCUT2D eigenvalue weighted by atomic mass is 10.1. The van der Waals surface area contributed by atoms with Crippen molar-refractivity contribution < 1.29 is 14.6 Å². The van der Waals surface area contributed by atoms with Crippen molar-refractivity contribution in [3.05, 3.63) is 12.2 Å². The fraction of sp³-hybridized carbons (Fsp3) is 0.625. The number of hydrogen-bond acceptors (Lipinski definition) is 3. The van der Waals surface area contributed by atoms with Crippen molar-refractivity contribution in [3.63, 3.8) is 0 Å². The molecule has 0 aromatic rings. The predicted molar refractivity (Wildman–Crippen MR) is 40.0 cm³/mol. The Hall–Kier alpha value is -0.830. The zero-order valence-corrected chi connectivity index (χ0v) is 6.32. The van der Waals surface area contributed by atoms with Gasteiger partial charge < -0.3 is 9.84 Å². The second-order valence-electron chi connectivity index (χ2n) is 2.53. The summed E-state index contributed by atoms with van der Waals surface area (Å²) in [7, 11) is 0. The lowest BCUT2D eigenvalue weighted by Crippen LogP contribution is -2.21. The molecule has 0 aliphatic carbocycles. The van der Waals surface area contributed by atoms with Crippen LogP contribution in [0.5, 0.6) is 0 Å². The van der Waals surface area contributed by atoms with Gasteiger partial charge >= 0.3 is 5.97 Å². The second kappa shape index (κ2) is 4.13. The normalized spacial score (nSPS) is 25.5. The van der Waals surface area contributed by atoms with Crippen LogP contribution in [0.2, 0.25) is 0 Å². The van der Waals surface area contributed by atoms with Crippen LogP contribution >= 0.6 is 0 Å². The van der Waals surface area contributed by atoms with Gasteiger partial charge in [0, 0.05) is 6.42 Å². The van der Waals surface area contributed by atoms with Crippen molar-refractivity contribution in [1.82, 2.24) is 0 Å². The third-order valence-corrected chi connectivity index (χ3v) is 1.61. The number of cyclic esters (lactones) is 1. The van der Waals surface area contributed by atoms with Crippen LogP contribution in [0.3, 0.4) is 0 Å². The van der Waals surface area contributed by atoms with E-state index < -0.39 is 0 Å². The highest BCUT2D eigenvalue weighted by atomic mass is 16.5. The highest BCUT2D eigenvalue weighted by molar-refractivity contribution is 5.70. The lowest BCUT2D eigenvalue weighted by Gasteiger charge is -2.18. The largest absolute Gasteiger partial charge is 0.458 e. The SMILES string of the molecule is O=C1CCCC(/C=C/CO)O1. The van der Waals surface area contributed by atoms with Gasteiger partial charge in [-0.05, 0) is 18.9 Å². The molecule has 1 saturated heterocycles. The number of carbonyl (C=O) groups excluding carboxylic acids is 1. The van der Waals surface area contributed by atoms with E-state index in [1.165, 1.54) is 0 Å². The van der Waals surface area contributed by atoms with Gasteiger partial charge in [-0.3, -0.25) is 4.79 Å². The van der Waals surface area contributed by atoms with Gasteiger partial charge in [-0.2, -0.15) is 0 Å². The predicted octanol–water partition coefficient (Wildman–Crippen LogP) is 0.631. The minimum Gasteiger partial charge on any atom is -0.458 e. The maximum absolute atomic E-state index is 10.7. The summed E-state index contributed by atoms with van der Waals surface area (Å²) < 4.78 is 4.95. The van der Waals surface area contributed by atoms with E-state index in [1.807, 2.05) is 0 Å². The van der Waals surface area contributed by atoms with Crippen LogP contribution in [0, 0.1) is 0 Å². The van der Waals surface area contributed by atoms with Crippen molar-refractivity contribution >= 4 is 5.97 Å². The number of rotatable bonds is 2. The van der Waals surface area contributed by atoms with E-state index >= 15 is 0 Å². The Kier molecular flexibility index (Phi) is 3.11. The molecule has 1 fully saturated rings. The fourth-order valence-corrected chi connectivity index (χ4v) is 1.08. The number of hydrogen-bond donors (Lipinski definition) is 1. The smallest absolute Gasteiger partial charge is 0.306 e. The average Bonchev–Trinajstić information content (AvgIpc) is 2.01. The first-order valence-electron chi connectivity index (χ1n) is 3.80. The van der Waals surface area contributed by atoms with Gasteiger partial charge in [0.15, 0.2) is 0 Å². The van der Waals surface area contributed by atoms with E-state index in [9.17, 15) is 4.79 Å². The van der Waals surface area contributed by atoms with Crippen molar-refractivity contribution in [1.29, 1.82) is 0 Å². The van der Waals surface area contributed by atoms with Crippen LogP contribution in [0.15, 0.2) is 12.2 Å². The fourth-order valence-electron chi connectivity index (χ4n) is 1.08. The van der Waals surface area contributed by atoms with Gasteiger partial charge in [0.2, 0.25) is 0 Å². The topological polar surface area (TPSA) is 46.5 Å². The van der Waals surface area contributed by atoms with Crippen molar-refractivity contribution in [3.8, 4) is 0 Å². The van der Waals surface area contributed by atoms with Crippen LogP contribution in [-0.2, 0) is 9.53 Å². The van der Waals surface area contributed by atoms with E-state index in [0.717, 1.165) is 12.8 Å². The van der Waals surface area contributed by atoms with Gasteiger partial charge in [-0.15, -0.1) is 0 Å². The number of carbonyl (C=O) groups is 1. The maximum atomic E-state index is 10.7. The van der Waals surface area contributed by atoms with Crippen molar-refractivity contribution in [2.45, 2.75) is 25.4 Å². The molecule has 1 rings (SSSR count). The number of ether oxygens (including phenoxy) is 1. The first-order valence-corrected chi connectivity index (χ1v) is 3.80. The zero-order chi connectivity index (χ0) is 8.10. The van der Waals surface area contributed by atoms with Crippen molar-refractivity contribution in [2.24, 2.45) is 0 Å². The van der Waals surface area contributed by atoms with Crippen LogP contribution < -0.4 is 0 Å². The standard InChI is InChI=1S/C8H12O3/c9-6-2-4-7-3-1-5-8(10)11-7/h2,4,7,9H,1,3,5-6H2/b4-2+. The Morgan fingerprint density at radius 2 is 2.55 bits per heavy atom. The van der Waals surface area contributed by atoms with E-state index in [1.54, 1.807) is 12.2 Å². The Balaban J connectivity index is 2.34. The molecule has 0 aromatic heterocycles. The molecule has 0 bridgehead atoms. The van der Waals surface area contributed by atoms with Crippen molar-refractivity contribution in [2.75, 3.05) is 6.61 Å². The molecule has 1 aliphatic rings. The maximum Gasteiger partial charge on any atom is 0.306 e. The van der Waals surface area contributed by atoms with Gasteiger partial charge in [0.05, 0.1) is 6.61 Å². The average molecular weight is 156 g/mol. The highest BCUT2D eigenvalue weighted by Crippen LogP contribution is 2.14. The molecule has 1 unspecified atom stereocenters. The van der Waals surface area contributed by atoms with Crippen LogP contribution in [0.1, 0.15) is 19.3 Å². The summed E-state index contributed by atoms with van der Waals surface area (Å²) >= 11 is 0. The summed E-state index contributed by atoms with van der Waals surface area (Å²) in [6.07, 6.45) is 5.52. The summed E-state index contributed by atoms with van der Waals surface area (Å²) in [5, 5.41) is 8.44. The van der Waals surface area contributed by atoms with Gasteiger partial charge in [-0.25, -0.2) is 0 Å². The molecule has 1 N–H and O–H groups in total. The summed E-state index contributed by atoms with van der Waals surface area (Å²) in [6.45, 7) is 0.00799. The van der Waals surface area contributed by atoms with Gasteiger partial charge in [-0.1, -0.05) is 6.08 Å². The summed E-state index contributed by atoms with van der Waals surface area (Å²) in [5.74, 6) is -0.135. The molecular formula is C8H12O3. The number of aliphatic hydroxyl groups is 1. The molecule has 62 valence electrons. The molecule has 0 radical (unpaired) electrons.